The second-order valence-corrected chi connectivity index (χ2v) is 6.63. The summed E-state index contributed by atoms with van der Waals surface area (Å²) < 4.78 is 25.4. The molecular formula is C13H22F2N2O. The quantitative estimate of drug-likeness (QED) is 0.772. The van der Waals surface area contributed by atoms with Gasteiger partial charge in [-0.3, -0.25) is 0 Å². The highest BCUT2D eigenvalue weighted by Gasteiger charge is 2.47. The Balaban J connectivity index is 1.89. The third-order valence-corrected chi connectivity index (χ3v) is 3.93. The highest BCUT2D eigenvalue weighted by molar-refractivity contribution is 5.75. The monoisotopic (exact) mass is 260 g/mol. The van der Waals surface area contributed by atoms with Gasteiger partial charge in [-0.2, -0.15) is 0 Å². The van der Waals surface area contributed by atoms with Gasteiger partial charge in [-0.1, -0.05) is 20.8 Å². The van der Waals surface area contributed by atoms with E-state index in [1.54, 1.807) is 0 Å². The normalized spacial score (nSPS) is 28.1. The van der Waals surface area contributed by atoms with Crippen LogP contribution in [0.25, 0.3) is 0 Å². The summed E-state index contributed by atoms with van der Waals surface area (Å²) in [7, 11) is 0. The molecule has 1 atom stereocenters. The van der Waals surface area contributed by atoms with Crippen LogP contribution in [0.5, 0.6) is 0 Å². The van der Waals surface area contributed by atoms with Crippen molar-refractivity contribution in [3.63, 3.8) is 0 Å². The van der Waals surface area contributed by atoms with Gasteiger partial charge in [0.2, 0.25) is 0 Å². The zero-order chi connectivity index (χ0) is 13.6. The number of alkyl halides is 2. The number of nitrogens with one attached hydrogen (secondary N) is 1. The van der Waals surface area contributed by atoms with Crippen molar-refractivity contribution in [1.82, 2.24) is 10.2 Å². The van der Waals surface area contributed by atoms with Crippen molar-refractivity contribution in [2.75, 3.05) is 6.54 Å². The zero-order valence-electron chi connectivity index (χ0n) is 11.3. The van der Waals surface area contributed by atoms with Crippen LogP contribution in [-0.2, 0) is 0 Å². The Labute approximate surface area is 107 Å². The molecule has 5 heteroatoms. The van der Waals surface area contributed by atoms with Crippen molar-refractivity contribution in [3.8, 4) is 0 Å². The van der Waals surface area contributed by atoms with E-state index in [2.05, 4.69) is 26.1 Å². The fourth-order valence-corrected chi connectivity index (χ4v) is 2.93. The number of amides is 2. The number of rotatable bonds is 1. The number of nitrogens with zero attached hydrogens (tertiary/aromatic N) is 1. The summed E-state index contributed by atoms with van der Waals surface area (Å²) >= 11 is 0. The van der Waals surface area contributed by atoms with E-state index in [0.717, 1.165) is 19.4 Å². The van der Waals surface area contributed by atoms with E-state index in [0.29, 0.717) is 0 Å². The molecule has 3 nitrogen and oxygen atoms in total. The largest absolute Gasteiger partial charge is 0.335 e. The number of hydrogen-bond acceptors (Lipinski definition) is 1. The lowest BCUT2D eigenvalue weighted by molar-refractivity contribution is -0.0904. The molecule has 18 heavy (non-hydrogen) atoms. The molecule has 0 aromatic rings. The number of hydrogen-bond donors (Lipinski definition) is 1. The molecule has 1 saturated heterocycles. The van der Waals surface area contributed by atoms with Crippen LogP contribution in [0.3, 0.4) is 0 Å². The smallest absolute Gasteiger partial charge is 0.317 e. The highest BCUT2D eigenvalue weighted by atomic mass is 19.3. The molecule has 2 aliphatic rings. The molecule has 2 amide bonds. The van der Waals surface area contributed by atoms with Crippen LogP contribution in [0.2, 0.25) is 0 Å². The topological polar surface area (TPSA) is 32.3 Å². The molecule has 1 aliphatic carbocycles. The Morgan fingerprint density at radius 2 is 1.94 bits per heavy atom. The van der Waals surface area contributed by atoms with Crippen molar-refractivity contribution < 1.29 is 13.6 Å². The molecule has 1 unspecified atom stereocenters. The first kappa shape index (κ1) is 13.6. The second kappa shape index (κ2) is 4.35. The standard InChI is InChI=1S/C13H22F2N2O/c1-12(2,3)10-5-4-6-17(10)11(18)16-9-7-13(14,15)8-9/h9-10H,4-8H2,1-3H3,(H,16,18). The average Bonchev–Trinajstić information content (AvgIpc) is 2.61. The lowest BCUT2D eigenvalue weighted by Gasteiger charge is -2.39. The van der Waals surface area contributed by atoms with Gasteiger partial charge in [0.15, 0.2) is 0 Å². The molecule has 104 valence electrons. The van der Waals surface area contributed by atoms with E-state index in [-0.39, 0.29) is 36.4 Å². The van der Waals surface area contributed by atoms with Gasteiger partial charge in [0, 0.05) is 31.5 Å². The van der Waals surface area contributed by atoms with Crippen molar-refractivity contribution in [1.29, 1.82) is 0 Å². The van der Waals surface area contributed by atoms with E-state index in [4.69, 9.17) is 0 Å². The van der Waals surface area contributed by atoms with Crippen molar-refractivity contribution in [3.05, 3.63) is 0 Å². The fraction of sp³-hybridized carbons (Fsp3) is 0.923. The summed E-state index contributed by atoms with van der Waals surface area (Å²) in [6.45, 7) is 7.07. The first-order valence-corrected chi connectivity index (χ1v) is 6.64. The Kier molecular flexibility index (Phi) is 3.28. The van der Waals surface area contributed by atoms with E-state index in [1.807, 2.05) is 4.90 Å². The Bertz CT molecular complexity index is 330. The third-order valence-electron chi connectivity index (χ3n) is 3.93. The summed E-state index contributed by atoms with van der Waals surface area (Å²) in [6, 6.07) is -0.320. The minimum absolute atomic E-state index is 0.0391. The number of likely N-dealkylation sites (tertiary alicyclic amines) is 1. The van der Waals surface area contributed by atoms with Gasteiger partial charge in [-0.05, 0) is 18.3 Å². The average molecular weight is 260 g/mol. The van der Waals surface area contributed by atoms with Crippen molar-refractivity contribution >= 4 is 6.03 Å². The van der Waals surface area contributed by atoms with Gasteiger partial charge >= 0.3 is 6.03 Å². The molecule has 1 heterocycles. The summed E-state index contributed by atoms with van der Waals surface area (Å²) in [4.78, 5) is 13.9. The Morgan fingerprint density at radius 1 is 1.33 bits per heavy atom. The molecule has 0 aromatic heterocycles. The molecule has 1 aliphatic heterocycles. The molecule has 1 N–H and O–H groups in total. The lowest BCUT2D eigenvalue weighted by atomic mass is 9.85. The number of carbonyl (C=O) groups is 1. The van der Waals surface area contributed by atoms with Gasteiger partial charge in [0.05, 0.1) is 0 Å². The van der Waals surface area contributed by atoms with E-state index in [9.17, 15) is 13.6 Å². The Hall–Kier alpha value is -0.870. The summed E-state index contributed by atoms with van der Waals surface area (Å²) in [5.41, 5.74) is 0.0391. The zero-order valence-corrected chi connectivity index (χ0v) is 11.3. The SMILES string of the molecule is CC(C)(C)C1CCCN1C(=O)NC1CC(F)(F)C1. The van der Waals surface area contributed by atoms with Crippen LogP contribution in [0.15, 0.2) is 0 Å². The maximum Gasteiger partial charge on any atom is 0.317 e. The van der Waals surface area contributed by atoms with Crippen LogP contribution in [0.4, 0.5) is 13.6 Å². The van der Waals surface area contributed by atoms with Gasteiger partial charge in [0.1, 0.15) is 0 Å². The maximum atomic E-state index is 12.7. The molecule has 0 aromatic carbocycles. The lowest BCUT2D eigenvalue weighted by Crippen LogP contribution is -2.56. The Morgan fingerprint density at radius 3 is 2.44 bits per heavy atom. The van der Waals surface area contributed by atoms with Crippen molar-refractivity contribution in [2.45, 2.75) is 64.5 Å². The van der Waals surface area contributed by atoms with Gasteiger partial charge in [-0.15, -0.1) is 0 Å². The maximum absolute atomic E-state index is 12.7. The van der Waals surface area contributed by atoms with E-state index >= 15 is 0 Å². The van der Waals surface area contributed by atoms with Crippen LogP contribution in [0, 0.1) is 5.41 Å². The molecule has 0 bridgehead atoms. The van der Waals surface area contributed by atoms with Crippen molar-refractivity contribution in [2.24, 2.45) is 5.41 Å². The minimum Gasteiger partial charge on any atom is -0.335 e. The van der Waals surface area contributed by atoms with Crippen LogP contribution < -0.4 is 5.32 Å². The van der Waals surface area contributed by atoms with Gasteiger partial charge in [-0.25, -0.2) is 13.6 Å². The number of halogens is 2. The van der Waals surface area contributed by atoms with E-state index in [1.165, 1.54) is 0 Å². The summed E-state index contributed by atoms with van der Waals surface area (Å²) in [5.74, 6) is -2.58. The van der Waals surface area contributed by atoms with Crippen LogP contribution >= 0.6 is 0 Å². The summed E-state index contributed by atoms with van der Waals surface area (Å²) in [6.07, 6.45) is 1.56. The first-order chi connectivity index (χ1) is 8.19. The number of urea groups is 1. The van der Waals surface area contributed by atoms with Gasteiger partial charge in [0.25, 0.3) is 5.92 Å². The second-order valence-electron chi connectivity index (χ2n) is 6.63. The number of carbonyl (C=O) groups excluding carboxylic acids is 1. The van der Waals surface area contributed by atoms with Crippen LogP contribution in [0.1, 0.15) is 46.5 Å². The predicted octanol–water partition coefficient (Wildman–Crippen LogP) is 3.00. The van der Waals surface area contributed by atoms with E-state index < -0.39 is 5.92 Å². The first-order valence-electron chi connectivity index (χ1n) is 6.64. The molecule has 1 saturated carbocycles. The molecule has 0 spiro atoms. The predicted molar refractivity (Wildman–Crippen MR) is 65.7 cm³/mol. The van der Waals surface area contributed by atoms with Crippen LogP contribution in [-0.4, -0.2) is 35.5 Å². The van der Waals surface area contributed by atoms with Gasteiger partial charge < -0.3 is 10.2 Å². The molecular weight excluding hydrogens is 238 g/mol. The minimum atomic E-state index is -2.58. The highest BCUT2D eigenvalue weighted by Crippen LogP contribution is 2.38. The third kappa shape index (κ3) is 2.75. The molecule has 2 fully saturated rings. The molecule has 0 radical (unpaired) electrons. The molecule has 2 rings (SSSR count). The summed E-state index contributed by atoms with van der Waals surface area (Å²) in [5, 5.41) is 2.72. The fourth-order valence-electron chi connectivity index (χ4n) is 2.93.